The van der Waals surface area contributed by atoms with E-state index < -0.39 is 17.4 Å². The number of hydrogen-bond acceptors (Lipinski definition) is 6. The molecule has 2 heterocycles. The predicted molar refractivity (Wildman–Crippen MR) is 87.4 cm³/mol. The fourth-order valence-corrected chi connectivity index (χ4v) is 2.63. The molecule has 0 spiro atoms. The van der Waals surface area contributed by atoms with Gasteiger partial charge < -0.3 is 14.8 Å². The Morgan fingerprint density at radius 1 is 1.17 bits per heavy atom. The smallest absolute Gasteiger partial charge is 0.198 e. The largest absolute Gasteiger partial charge is 0.491 e. The molecule has 124 valence electrons. The van der Waals surface area contributed by atoms with Crippen molar-refractivity contribution >= 4 is 22.3 Å². The van der Waals surface area contributed by atoms with Crippen molar-refractivity contribution in [3.63, 3.8) is 0 Å². The number of hydrogen-bond donors (Lipinski definition) is 1. The lowest BCUT2D eigenvalue weighted by Gasteiger charge is -2.12. The molecule has 8 heteroatoms. The number of methoxy groups -OCH3 is 1. The summed E-state index contributed by atoms with van der Waals surface area (Å²) in [6.45, 7) is 1.87. The molecule has 0 unspecified atom stereocenters. The van der Waals surface area contributed by atoms with Crippen molar-refractivity contribution in [1.29, 1.82) is 0 Å². The molecule has 3 rings (SSSR count). The van der Waals surface area contributed by atoms with E-state index in [-0.39, 0.29) is 11.5 Å². The molecule has 0 radical (unpaired) electrons. The van der Waals surface area contributed by atoms with Crippen molar-refractivity contribution in [2.24, 2.45) is 0 Å². The molecule has 0 amide bonds. The maximum Gasteiger partial charge on any atom is 0.198 e. The third-order valence-corrected chi connectivity index (χ3v) is 3.91. The van der Waals surface area contributed by atoms with Gasteiger partial charge in [-0.2, -0.15) is 0 Å². The van der Waals surface area contributed by atoms with Crippen molar-refractivity contribution in [3.05, 3.63) is 53.2 Å². The van der Waals surface area contributed by atoms with Gasteiger partial charge in [0.1, 0.15) is 5.82 Å². The molecule has 5 nitrogen and oxygen atoms in total. The van der Waals surface area contributed by atoms with Gasteiger partial charge in [-0.05, 0) is 19.1 Å². The van der Waals surface area contributed by atoms with E-state index in [0.29, 0.717) is 10.9 Å². The number of nitrogens with zero attached hydrogens (tertiary/aromatic N) is 2. The van der Waals surface area contributed by atoms with Gasteiger partial charge in [0.2, 0.25) is 0 Å². The van der Waals surface area contributed by atoms with Crippen LogP contribution < -0.4 is 14.8 Å². The minimum Gasteiger partial charge on any atom is -0.491 e. The third kappa shape index (κ3) is 3.43. The zero-order chi connectivity index (χ0) is 17.1. The zero-order valence-corrected chi connectivity index (χ0v) is 13.7. The lowest BCUT2D eigenvalue weighted by atomic mass is 10.3. The van der Waals surface area contributed by atoms with Crippen LogP contribution in [0.5, 0.6) is 17.2 Å². The first-order valence-electron chi connectivity index (χ1n) is 6.92. The number of nitrogens with one attached hydrogen (secondary N) is 1. The van der Waals surface area contributed by atoms with E-state index in [4.69, 9.17) is 9.47 Å². The van der Waals surface area contributed by atoms with E-state index in [9.17, 15) is 8.78 Å². The highest BCUT2D eigenvalue weighted by Gasteiger charge is 2.15. The topological polar surface area (TPSA) is 56.3 Å². The maximum absolute atomic E-state index is 13.8. The first-order chi connectivity index (χ1) is 11.6. The van der Waals surface area contributed by atoms with E-state index >= 15 is 0 Å². The zero-order valence-electron chi connectivity index (χ0n) is 12.8. The van der Waals surface area contributed by atoms with Crippen LogP contribution in [0.2, 0.25) is 0 Å². The molecular formula is C16H13F2N3O2S. The van der Waals surface area contributed by atoms with E-state index in [1.807, 2.05) is 12.3 Å². The number of pyridine rings is 1. The summed E-state index contributed by atoms with van der Waals surface area (Å²) >= 11 is 1.41. The molecule has 0 saturated carbocycles. The van der Waals surface area contributed by atoms with Crippen molar-refractivity contribution in [2.45, 2.75) is 6.92 Å². The molecule has 0 atom stereocenters. The Morgan fingerprint density at radius 2 is 1.92 bits per heavy atom. The average molecular weight is 349 g/mol. The van der Waals surface area contributed by atoms with Gasteiger partial charge in [-0.1, -0.05) is 6.07 Å². The highest BCUT2D eigenvalue weighted by molar-refractivity contribution is 7.13. The molecule has 3 aromatic rings. The van der Waals surface area contributed by atoms with Crippen molar-refractivity contribution in [2.75, 3.05) is 12.4 Å². The maximum atomic E-state index is 13.8. The molecule has 0 saturated heterocycles. The van der Waals surface area contributed by atoms with E-state index in [0.717, 1.165) is 17.8 Å². The Labute approximate surface area is 140 Å². The highest BCUT2D eigenvalue weighted by Crippen LogP contribution is 2.35. The Balaban J connectivity index is 1.92. The molecule has 0 aliphatic carbocycles. The van der Waals surface area contributed by atoms with Gasteiger partial charge in [0.25, 0.3) is 0 Å². The van der Waals surface area contributed by atoms with Gasteiger partial charge in [0.15, 0.2) is 34.0 Å². The monoisotopic (exact) mass is 349 g/mol. The third-order valence-electron chi connectivity index (χ3n) is 3.04. The second-order valence-electron chi connectivity index (χ2n) is 4.79. The number of para-hydroxylation sites is 1. The molecular weight excluding hydrogens is 336 g/mol. The molecule has 0 aliphatic rings. The molecule has 1 aromatic carbocycles. The van der Waals surface area contributed by atoms with E-state index in [1.165, 1.54) is 36.8 Å². The number of halogens is 2. The van der Waals surface area contributed by atoms with Crippen molar-refractivity contribution in [1.82, 2.24) is 9.97 Å². The van der Waals surface area contributed by atoms with Gasteiger partial charge in [-0.25, -0.2) is 18.7 Å². The average Bonchev–Trinajstić information content (AvgIpc) is 2.96. The molecule has 0 aliphatic heterocycles. The summed E-state index contributed by atoms with van der Waals surface area (Å²) in [6.07, 6.45) is 1.40. The first kappa shape index (κ1) is 16.1. The minimum atomic E-state index is -0.807. The number of ether oxygens (including phenoxy) is 2. The van der Waals surface area contributed by atoms with Crippen LogP contribution in [0.4, 0.5) is 19.7 Å². The molecule has 0 fully saturated rings. The Kier molecular flexibility index (Phi) is 4.57. The lowest BCUT2D eigenvalue weighted by Crippen LogP contribution is -1.98. The summed E-state index contributed by atoms with van der Waals surface area (Å²) in [4.78, 5) is 8.43. The van der Waals surface area contributed by atoms with E-state index in [1.54, 1.807) is 0 Å². The highest BCUT2D eigenvalue weighted by atomic mass is 32.1. The van der Waals surface area contributed by atoms with Crippen LogP contribution in [0.1, 0.15) is 5.69 Å². The van der Waals surface area contributed by atoms with Crippen molar-refractivity contribution in [3.8, 4) is 17.2 Å². The summed E-state index contributed by atoms with van der Waals surface area (Å²) < 4.78 is 38.1. The minimum absolute atomic E-state index is 0.132. The van der Waals surface area contributed by atoms with E-state index in [2.05, 4.69) is 15.3 Å². The number of aromatic nitrogens is 2. The van der Waals surface area contributed by atoms with Gasteiger partial charge >= 0.3 is 0 Å². The second kappa shape index (κ2) is 6.79. The van der Waals surface area contributed by atoms with Crippen LogP contribution in [-0.4, -0.2) is 17.1 Å². The molecule has 0 bridgehead atoms. The van der Waals surface area contributed by atoms with Gasteiger partial charge in [-0.3, -0.25) is 0 Å². The Morgan fingerprint density at radius 3 is 2.54 bits per heavy atom. The van der Waals surface area contributed by atoms with Crippen molar-refractivity contribution < 1.29 is 18.3 Å². The Bertz CT molecular complexity index is 850. The summed E-state index contributed by atoms with van der Waals surface area (Å²) in [7, 11) is 1.42. The van der Waals surface area contributed by atoms with Crippen LogP contribution in [0, 0.1) is 18.6 Å². The first-order valence-corrected chi connectivity index (χ1v) is 7.80. The molecule has 2 aromatic heterocycles. The quantitative estimate of drug-likeness (QED) is 0.725. The number of rotatable bonds is 5. The molecule has 1 N–H and O–H groups in total. The van der Waals surface area contributed by atoms with Crippen LogP contribution in [0.25, 0.3) is 0 Å². The summed E-state index contributed by atoms with van der Waals surface area (Å²) in [5, 5.41) is 5.54. The fourth-order valence-electron chi connectivity index (χ4n) is 1.94. The van der Waals surface area contributed by atoms with Crippen LogP contribution in [-0.2, 0) is 0 Å². The number of aryl methyl sites for hydroxylation is 1. The SMILES string of the molecule is COc1cnc(Nc2nc(C)cs2)cc1Oc1c(F)cccc1F. The number of anilines is 2. The predicted octanol–water partition coefficient (Wildman–Crippen LogP) is 4.67. The lowest BCUT2D eigenvalue weighted by molar-refractivity contribution is 0.358. The van der Waals surface area contributed by atoms with Crippen LogP contribution in [0.15, 0.2) is 35.8 Å². The normalized spacial score (nSPS) is 10.5. The fraction of sp³-hybridized carbons (Fsp3) is 0.125. The number of thiazole rings is 1. The number of benzene rings is 1. The summed E-state index contributed by atoms with van der Waals surface area (Å²) in [5.74, 6) is -1.32. The summed E-state index contributed by atoms with van der Waals surface area (Å²) in [6, 6.07) is 4.98. The van der Waals surface area contributed by atoms with Crippen LogP contribution >= 0.6 is 11.3 Å². The van der Waals surface area contributed by atoms with Gasteiger partial charge in [-0.15, -0.1) is 11.3 Å². The van der Waals surface area contributed by atoms with Gasteiger partial charge in [0.05, 0.1) is 19.0 Å². The second-order valence-corrected chi connectivity index (χ2v) is 5.65. The molecule has 24 heavy (non-hydrogen) atoms. The standard InChI is InChI=1S/C16H13F2N3O2S/c1-9-8-24-16(20-9)21-14-6-12(13(22-2)7-19-14)23-15-10(17)4-3-5-11(15)18/h3-8H,1-2H3,(H,19,20,21). The Hall–Kier alpha value is -2.74. The van der Waals surface area contributed by atoms with Gasteiger partial charge in [0, 0.05) is 11.4 Å². The van der Waals surface area contributed by atoms with Crippen LogP contribution in [0.3, 0.4) is 0 Å². The summed E-state index contributed by atoms with van der Waals surface area (Å²) in [5.41, 5.74) is 0.876.